The molecule has 0 unspecified atom stereocenters. The predicted molar refractivity (Wildman–Crippen MR) is 109 cm³/mol. The van der Waals surface area contributed by atoms with Crippen molar-refractivity contribution in [2.75, 3.05) is 11.1 Å². The largest absolute Gasteiger partial charge is 0.349 e. The maximum absolute atomic E-state index is 12.3. The summed E-state index contributed by atoms with van der Waals surface area (Å²) in [5.74, 6) is 1.56. The zero-order chi connectivity index (χ0) is 19.6. The minimum absolute atomic E-state index is 0.0465. The fourth-order valence-electron chi connectivity index (χ4n) is 2.79. The van der Waals surface area contributed by atoms with Gasteiger partial charge in [0.05, 0.1) is 5.75 Å². The summed E-state index contributed by atoms with van der Waals surface area (Å²) in [7, 11) is 0. The topological polar surface area (TPSA) is 99.8 Å². The third-order valence-electron chi connectivity index (χ3n) is 4.11. The van der Waals surface area contributed by atoms with Crippen LogP contribution < -0.4 is 11.1 Å². The molecule has 2 aromatic heterocycles. The number of thioether (sulfide) groups is 1. The van der Waals surface area contributed by atoms with Crippen LogP contribution in [0.1, 0.15) is 43.3 Å². The molecule has 0 aliphatic rings. The number of nitrogens with one attached hydrogen (secondary N) is 1. The molecule has 0 bridgehead atoms. The van der Waals surface area contributed by atoms with Crippen LogP contribution >= 0.6 is 23.1 Å². The molecule has 9 heteroatoms. The molecule has 2 heterocycles. The molecule has 144 valence electrons. The van der Waals surface area contributed by atoms with Gasteiger partial charge >= 0.3 is 0 Å². The minimum Gasteiger partial charge on any atom is -0.349 e. The molecule has 1 amide bonds. The number of aromatic nitrogens is 4. The molecule has 3 rings (SSSR count). The molecule has 27 heavy (non-hydrogen) atoms. The van der Waals surface area contributed by atoms with Crippen LogP contribution in [0, 0.1) is 19.8 Å². The number of hydrogen-bond donors (Lipinski definition) is 2. The maximum Gasteiger partial charge on any atom is 0.235 e. The molecular weight excluding hydrogens is 380 g/mol. The summed E-state index contributed by atoms with van der Waals surface area (Å²) in [4.78, 5) is 13.0. The van der Waals surface area contributed by atoms with Crippen molar-refractivity contribution in [2.24, 2.45) is 5.92 Å². The Kier molecular flexibility index (Phi) is 6.13. The average Bonchev–Trinajstić information content (AvgIpc) is 3.15. The van der Waals surface area contributed by atoms with Crippen LogP contribution in [0.3, 0.4) is 0 Å². The van der Waals surface area contributed by atoms with E-state index in [4.69, 9.17) is 0 Å². The molecule has 0 saturated carbocycles. The molecule has 0 aliphatic carbocycles. The van der Waals surface area contributed by atoms with Crippen molar-refractivity contribution in [3.63, 3.8) is 0 Å². The summed E-state index contributed by atoms with van der Waals surface area (Å²) in [6, 6.07) is 6.07. The number of amides is 1. The number of anilines is 1. The first-order valence-corrected chi connectivity index (χ1v) is 10.7. The molecule has 1 aromatic carbocycles. The third-order valence-corrected chi connectivity index (χ3v) is 6.14. The van der Waals surface area contributed by atoms with E-state index in [0.717, 1.165) is 38.4 Å². The fourth-order valence-corrected chi connectivity index (χ4v) is 4.47. The van der Waals surface area contributed by atoms with E-state index in [1.165, 1.54) is 23.1 Å². The lowest BCUT2D eigenvalue weighted by Crippen LogP contribution is -2.54. The molecule has 0 fully saturated rings. The average molecular weight is 406 g/mol. The molecule has 0 radical (unpaired) electrons. The van der Waals surface area contributed by atoms with Gasteiger partial charge in [-0.05, 0) is 37.0 Å². The predicted octanol–water partition coefficient (Wildman–Crippen LogP) is 2.86. The van der Waals surface area contributed by atoms with Crippen LogP contribution in [0.5, 0.6) is 0 Å². The van der Waals surface area contributed by atoms with Gasteiger partial charge in [-0.2, -0.15) is 4.52 Å². The Morgan fingerprint density at radius 3 is 2.85 bits per heavy atom. The van der Waals surface area contributed by atoms with Gasteiger partial charge in [0, 0.05) is 12.1 Å². The second-order valence-corrected chi connectivity index (χ2v) is 9.28. The van der Waals surface area contributed by atoms with Gasteiger partial charge in [-0.15, -0.1) is 15.3 Å². The van der Waals surface area contributed by atoms with Gasteiger partial charge in [0.2, 0.25) is 16.7 Å². The van der Waals surface area contributed by atoms with Crippen molar-refractivity contribution >= 4 is 39.7 Å². The molecule has 4 N–H and O–H groups in total. The normalized spacial score (nSPS) is 12.7. The standard InChI is InChI=1S/C18H24N6OS2/c1-10(2)7-13(19)16-21-22-17-24(16)23-18(27-17)26-9-15(25)20-14-8-11(3)5-6-12(14)4/h5-6,8,10,13H,7,9,19H2,1-4H3,(H,20,25)/p+1/t13-/m0/s1. The van der Waals surface area contributed by atoms with Crippen LogP contribution in [0.2, 0.25) is 0 Å². The van der Waals surface area contributed by atoms with Crippen LogP contribution in [-0.4, -0.2) is 31.5 Å². The smallest absolute Gasteiger partial charge is 0.235 e. The van der Waals surface area contributed by atoms with Crippen LogP contribution in [0.4, 0.5) is 5.69 Å². The lowest BCUT2D eigenvalue weighted by atomic mass is 10.0. The Balaban J connectivity index is 1.64. The summed E-state index contributed by atoms with van der Waals surface area (Å²) in [5, 5.41) is 16.0. The van der Waals surface area contributed by atoms with Crippen molar-refractivity contribution in [1.82, 2.24) is 19.8 Å². The monoisotopic (exact) mass is 405 g/mol. The molecule has 0 aliphatic heterocycles. The molecule has 3 aromatic rings. The molecule has 0 spiro atoms. The highest BCUT2D eigenvalue weighted by Gasteiger charge is 2.21. The molecule has 7 nitrogen and oxygen atoms in total. The number of rotatable bonds is 7. The van der Waals surface area contributed by atoms with E-state index in [1.807, 2.05) is 32.0 Å². The van der Waals surface area contributed by atoms with Crippen LogP contribution in [-0.2, 0) is 4.79 Å². The van der Waals surface area contributed by atoms with E-state index in [9.17, 15) is 4.79 Å². The summed E-state index contributed by atoms with van der Waals surface area (Å²) in [6.07, 6.45) is 0.930. The van der Waals surface area contributed by atoms with Crippen molar-refractivity contribution in [3.05, 3.63) is 35.2 Å². The minimum atomic E-state index is -0.0465. The highest BCUT2D eigenvalue weighted by molar-refractivity contribution is 8.01. The van der Waals surface area contributed by atoms with Gasteiger partial charge < -0.3 is 11.1 Å². The Hall–Kier alpha value is -1.97. The molecule has 1 atom stereocenters. The number of nitrogens with zero attached hydrogens (tertiary/aromatic N) is 4. The highest BCUT2D eigenvalue weighted by Crippen LogP contribution is 2.26. The number of fused-ring (bicyclic) bond motifs is 1. The Labute approximate surface area is 166 Å². The molecular formula is C18H25N6OS2+. The lowest BCUT2D eigenvalue weighted by Gasteiger charge is -2.08. The Bertz CT molecular complexity index is 949. The van der Waals surface area contributed by atoms with E-state index in [0.29, 0.717) is 11.7 Å². The number of aryl methyl sites for hydroxylation is 2. The highest BCUT2D eigenvalue weighted by atomic mass is 32.2. The fraction of sp³-hybridized carbons (Fsp3) is 0.444. The van der Waals surface area contributed by atoms with Gasteiger partial charge in [-0.25, -0.2) is 0 Å². The second kappa shape index (κ2) is 8.37. The summed E-state index contributed by atoms with van der Waals surface area (Å²) >= 11 is 2.85. The summed E-state index contributed by atoms with van der Waals surface area (Å²) in [6.45, 7) is 8.31. The quantitative estimate of drug-likeness (QED) is 0.589. The van der Waals surface area contributed by atoms with Gasteiger partial charge in [-0.1, -0.05) is 49.1 Å². The SMILES string of the molecule is Cc1ccc(C)c(NC(=O)CSc2nn3c([C@@H]([NH3+])CC(C)C)nnc3s2)c1. The lowest BCUT2D eigenvalue weighted by molar-refractivity contribution is -0.432. The Morgan fingerprint density at radius 1 is 1.33 bits per heavy atom. The van der Waals surface area contributed by atoms with Gasteiger partial charge in [0.15, 0.2) is 4.34 Å². The van der Waals surface area contributed by atoms with Crippen molar-refractivity contribution in [2.45, 2.75) is 44.5 Å². The first-order chi connectivity index (χ1) is 12.8. The van der Waals surface area contributed by atoms with Gasteiger partial charge in [-0.3, -0.25) is 4.79 Å². The third kappa shape index (κ3) is 4.85. The van der Waals surface area contributed by atoms with Crippen molar-refractivity contribution in [1.29, 1.82) is 0 Å². The first-order valence-electron chi connectivity index (χ1n) is 8.88. The van der Waals surface area contributed by atoms with Crippen molar-refractivity contribution in [3.8, 4) is 0 Å². The summed E-state index contributed by atoms with van der Waals surface area (Å²) < 4.78 is 2.56. The van der Waals surface area contributed by atoms with Crippen LogP contribution in [0.15, 0.2) is 22.5 Å². The van der Waals surface area contributed by atoms with E-state index in [-0.39, 0.29) is 11.9 Å². The summed E-state index contributed by atoms with van der Waals surface area (Å²) in [5.41, 5.74) is 7.21. The van der Waals surface area contributed by atoms with Crippen LogP contribution in [0.25, 0.3) is 4.96 Å². The molecule has 0 saturated heterocycles. The number of benzene rings is 1. The number of carbonyl (C=O) groups is 1. The number of hydrogen-bond acceptors (Lipinski definition) is 6. The Morgan fingerprint density at radius 2 is 2.11 bits per heavy atom. The van der Waals surface area contributed by atoms with Gasteiger partial charge in [0.25, 0.3) is 0 Å². The van der Waals surface area contributed by atoms with Crippen molar-refractivity contribution < 1.29 is 10.5 Å². The zero-order valence-corrected chi connectivity index (χ0v) is 17.7. The zero-order valence-electron chi connectivity index (χ0n) is 16.0. The van der Waals surface area contributed by atoms with Gasteiger partial charge in [0.1, 0.15) is 6.04 Å². The van der Waals surface area contributed by atoms with E-state index in [1.54, 1.807) is 4.52 Å². The second-order valence-electron chi connectivity index (χ2n) is 7.10. The number of carbonyl (C=O) groups excluding carboxylic acids is 1. The number of quaternary nitrogens is 1. The van der Waals surface area contributed by atoms with E-state index >= 15 is 0 Å². The van der Waals surface area contributed by atoms with E-state index in [2.05, 4.69) is 40.2 Å². The first kappa shape index (κ1) is 19.8. The van der Waals surface area contributed by atoms with E-state index < -0.39 is 0 Å². The maximum atomic E-state index is 12.3.